The quantitative estimate of drug-likeness (QED) is 0.530. The van der Waals surface area contributed by atoms with Crippen molar-refractivity contribution in [1.29, 1.82) is 0 Å². The predicted molar refractivity (Wildman–Crippen MR) is 34.4 cm³/mol. The van der Waals surface area contributed by atoms with Gasteiger partial charge < -0.3 is 0 Å². The summed E-state index contributed by atoms with van der Waals surface area (Å²) in [6.45, 7) is 0. The molecule has 1 heterocycles. The van der Waals surface area contributed by atoms with Crippen LogP contribution in [0, 0.1) is 0 Å². The maximum atomic E-state index is 1.99. The third-order valence-corrected chi connectivity index (χ3v) is 15.1. The molecule has 5 heavy (non-hydrogen) atoms. The highest BCUT2D eigenvalue weighted by Gasteiger charge is 1.64. The van der Waals surface area contributed by atoms with Crippen LogP contribution in [0.1, 0.15) is 0 Å². The van der Waals surface area contributed by atoms with Crippen molar-refractivity contribution in [2.75, 3.05) is 0 Å². The largest absolute Gasteiger partial charge is 0.0791 e. The van der Waals surface area contributed by atoms with Crippen LogP contribution < -0.4 is 0 Å². The monoisotopic (exact) mass is 156 g/mol. The zero-order chi connectivity index (χ0) is 3.54. The van der Waals surface area contributed by atoms with Gasteiger partial charge in [0.15, 0.2) is 0 Å². The van der Waals surface area contributed by atoms with Gasteiger partial charge in [-0.15, -0.1) is 0 Å². The zero-order valence-electron chi connectivity index (χ0n) is 2.20. The maximum Gasteiger partial charge on any atom is 0.0327 e. The Bertz CT molecular complexity index is 60.1. The molecule has 0 saturated heterocycles. The normalized spacial score (nSPS) is 14.4. The van der Waals surface area contributed by atoms with E-state index >= 15 is 0 Å². The smallest absolute Gasteiger partial charge is 0.0327 e. The van der Waals surface area contributed by atoms with Crippen LogP contribution in [0.5, 0.6) is 0 Å². The highest BCUT2D eigenvalue weighted by atomic mass is 33.0. The van der Waals surface area contributed by atoms with Crippen molar-refractivity contribution < 1.29 is 0 Å². The molecule has 0 fully saturated rings. The minimum atomic E-state index is 1.56. The fraction of sp³-hybridized carbons (Fsp3) is 0. The van der Waals surface area contributed by atoms with Gasteiger partial charge in [-0.2, -0.15) is 0 Å². The second-order valence-corrected chi connectivity index (χ2v) is 11.4. The summed E-state index contributed by atoms with van der Waals surface area (Å²) >= 11 is 0. The summed E-state index contributed by atoms with van der Waals surface area (Å²) < 4.78 is 0. The molecule has 0 bridgehead atoms. The lowest BCUT2D eigenvalue weighted by Crippen LogP contribution is -0.561. The van der Waals surface area contributed by atoms with E-state index in [1.54, 1.807) is 29.2 Å². The summed E-state index contributed by atoms with van der Waals surface area (Å²) in [6, 6.07) is 0. The lowest BCUT2D eigenvalue weighted by molar-refractivity contribution is 5.50. The predicted octanol–water partition coefficient (Wildman–Crippen LogP) is 4.07. The van der Waals surface area contributed by atoms with E-state index in [1.807, 2.05) is 10.5 Å². The SMILES string of the molecule is p1ppsp1. The molecule has 1 aromatic heterocycles. The van der Waals surface area contributed by atoms with E-state index in [2.05, 4.69) is 0 Å². The van der Waals surface area contributed by atoms with Crippen LogP contribution in [-0.2, 0) is 0 Å². The summed E-state index contributed by atoms with van der Waals surface area (Å²) in [5, 5.41) is 0. The van der Waals surface area contributed by atoms with Gasteiger partial charge in [0.1, 0.15) is 0 Å². The van der Waals surface area contributed by atoms with Gasteiger partial charge in [-0.3, -0.25) is 0 Å². The van der Waals surface area contributed by atoms with Crippen LogP contribution in [0.2, 0.25) is 0 Å². The second kappa shape index (κ2) is 2.57. The first-order chi connectivity index (χ1) is 2.50. The minimum Gasteiger partial charge on any atom is -0.0791 e. The van der Waals surface area contributed by atoms with Crippen molar-refractivity contribution in [2.24, 2.45) is 0 Å². The molecule has 0 aliphatic heterocycles. The van der Waals surface area contributed by atoms with Gasteiger partial charge in [0.2, 0.25) is 0 Å². The van der Waals surface area contributed by atoms with Crippen LogP contribution in [0.15, 0.2) is 0 Å². The standard InChI is InChI=1S/P4S/c1-2-4-5-3-1. The average molecular weight is 156 g/mol. The second-order valence-electron chi connectivity index (χ2n) is 0.424. The summed E-state index contributed by atoms with van der Waals surface area (Å²) in [5.41, 5.74) is 0. The molecule has 0 N–H and O–H groups in total. The minimum absolute atomic E-state index is 1.56. The molecule has 0 amide bonds. The fourth-order valence-electron chi connectivity index (χ4n) is 0.0816. The van der Waals surface area contributed by atoms with Crippen LogP contribution >= 0.6 is 39.7 Å². The fourth-order valence-corrected chi connectivity index (χ4v) is 19.8. The van der Waals surface area contributed by atoms with E-state index < -0.39 is 0 Å². The Hall–Kier alpha value is 1.42. The number of hydrogen-bond acceptors (Lipinski definition) is 1. The molecule has 0 nitrogen and oxygen atoms in total. The molecule has 0 aliphatic carbocycles. The average Bonchev–Trinajstić information content (AvgIpc) is 1.76. The Balaban J connectivity index is 3.13. The van der Waals surface area contributed by atoms with Crippen molar-refractivity contribution in [3.05, 3.63) is 0 Å². The summed E-state index contributed by atoms with van der Waals surface area (Å²) in [4.78, 5) is 0. The molecule has 0 aliphatic rings. The molecule has 0 unspecified atom stereocenters. The number of rotatable bonds is 0. The highest BCUT2D eigenvalue weighted by molar-refractivity contribution is 8.51. The molecular weight excluding hydrogens is 156 g/mol. The van der Waals surface area contributed by atoms with E-state index in [0.29, 0.717) is 0 Å². The summed E-state index contributed by atoms with van der Waals surface area (Å²) in [6.07, 6.45) is 0. The summed E-state index contributed by atoms with van der Waals surface area (Å²) in [7, 11) is 8.28. The van der Waals surface area contributed by atoms with Crippen LogP contribution in [0.3, 0.4) is 0 Å². The van der Waals surface area contributed by atoms with Gasteiger partial charge in [-0.25, -0.2) is 0 Å². The third-order valence-electron chi connectivity index (χ3n) is 0.186. The van der Waals surface area contributed by atoms with Gasteiger partial charge in [0, 0.05) is 29.2 Å². The van der Waals surface area contributed by atoms with Gasteiger partial charge in [0.25, 0.3) is 0 Å². The van der Waals surface area contributed by atoms with E-state index in [0.717, 1.165) is 0 Å². The molecule has 0 aromatic carbocycles. The Morgan fingerprint density at radius 2 is 1.60 bits per heavy atom. The third kappa shape index (κ3) is 1.54. The molecule has 26 valence electrons. The molecule has 1 aromatic rings. The van der Waals surface area contributed by atoms with Crippen LogP contribution in [0.4, 0.5) is 0 Å². The van der Waals surface area contributed by atoms with Crippen molar-refractivity contribution in [1.82, 2.24) is 0 Å². The first-order valence-corrected chi connectivity index (χ1v) is 8.69. The molecule has 0 radical (unpaired) electrons. The Morgan fingerprint density at radius 1 is 1.00 bits per heavy atom. The van der Waals surface area contributed by atoms with Gasteiger partial charge >= 0.3 is 0 Å². The number of hydrogen-bond donors (Lipinski definition) is 0. The van der Waals surface area contributed by atoms with Crippen molar-refractivity contribution in [3.8, 4) is 0 Å². The molecule has 1 rings (SSSR count). The maximum absolute atomic E-state index is 1.99. The zero-order valence-corrected chi connectivity index (χ0v) is 6.59. The first kappa shape index (κ1) is 4.58. The van der Waals surface area contributed by atoms with Gasteiger partial charge in [-0.05, 0) is 0 Å². The van der Waals surface area contributed by atoms with E-state index in [9.17, 15) is 0 Å². The molecule has 5 heteroatoms. The molecule has 0 saturated carbocycles. The van der Waals surface area contributed by atoms with E-state index in [4.69, 9.17) is 0 Å². The first-order valence-electron chi connectivity index (χ1n) is 0.965. The van der Waals surface area contributed by atoms with E-state index in [1.165, 1.54) is 0 Å². The topological polar surface area (TPSA) is 0 Å². The van der Waals surface area contributed by atoms with Crippen LogP contribution in [0.25, 0.3) is 0 Å². The van der Waals surface area contributed by atoms with Crippen molar-refractivity contribution in [2.45, 2.75) is 0 Å². The van der Waals surface area contributed by atoms with Gasteiger partial charge in [0.05, 0.1) is 0 Å². The lowest BCUT2D eigenvalue weighted by atomic mass is 29.7. The van der Waals surface area contributed by atoms with Crippen LogP contribution in [-0.4, -0.2) is 0 Å². The molecular formula is P4S. The lowest BCUT2D eigenvalue weighted by Gasteiger charge is -1.34. The van der Waals surface area contributed by atoms with Gasteiger partial charge in [-0.1, -0.05) is 10.5 Å². The Kier molecular flexibility index (Phi) is 2.35. The molecule has 0 spiro atoms. The van der Waals surface area contributed by atoms with Crippen molar-refractivity contribution >= 4 is 39.7 Å². The Labute approximate surface area is 40.2 Å². The highest BCUT2D eigenvalue weighted by Crippen LogP contribution is 2.45. The molecule has 0 atom stereocenters. The summed E-state index contributed by atoms with van der Waals surface area (Å²) in [5.74, 6) is 0. The Morgan fingerprint density at radius 3 is 1.80 bits per heavy atom. The van der Waals surface area contributed by atoms with E-state index in [-0.39, 0.29) is 0 Å². The van der Waals surface area contributed by atoms with Crippen molar-refractivity contribution in [3.63, 3.8) is 0 Å².